The van der Waals surface area contributed by atoms with Gasteiger partial charge in [0.2, 0.25) is 0 Å². The highest BCUT2D eigenvalue weighted by Crippen LogP contribution is 2.20. The minimum absolute atomic E-state index is 0.297. The van der Waals surface area contributed by atoms with E-state index < -0.39 is 6.10 Å². The molecule has 3 rings (SSSR count). The van der Waals surface area contributed by atoms with Gasteiger partial charge in [-0.15, -0.1) is 0 Å². The fourth-order valence-electron chi connectivity index (χ4n) is 3.57. The van der Waals surface area contributed by atoms with Gasteiger partial charge in [-0.1, -0.05) is 30.3 Å². The van der Waals surface area contributed by atoms with Crippen LogP contribution in [-0.4, -0.2) is 50.4 Å². The molecule has 2 aromatic carbocycles. The summed E-state index contributed by atoms with van der Waals surface area (Å²) in [5.41, 5.74) is 2.09. The lowest BCUT2D eigenvalue weighted by molar-refractivity contribution is 0.186. The predicted octanol–water partition coefficient (Wildman–Crippen LogP) is 2.95. The Kier molecular flexibility index (Phi) is 7.76. The number of methoxy groups -OCH3 is 1. The number of aliphatic hydroxyl groups excluding tert-OH is 1. The average Bonchev–Trinajstić information content (AvgIpc) is 2.78. The van der Waals surface area contributed by atoms with Crippen LogP contribution >= 0.6 is 0 Å². The van der Waals surface area contributed by atoms with Crippen LogP contribution in [0.25, 0.3) is 0 Å². The Bertz CT molecular complexity index is 773. The predicted molar refractivity (Wildman–Crippen MR) is 119 cm³/mol. The summed E-state index contributed by atoms with van der Waals surface area (Å²) in [5, 5.41) is 17.3. The fraction of sp³-hybridized carbons (Fsp3) is 0.435. The Morgan fingerprint density at radius 3 is 2.62 bits per heavy atom. The molecule has 0 saturated carbocycles. The lowest BCUT2D eigenvalue weighted by Crippen LogP contribution is -2.48. The summed E-state index contributed by atoms with van der Waals surface area (Å²) in [4.78, 5) is 7.03. The minimum atomic E-state index is -0.666. The lowest BCUT2D eigenvalue weighted by Gasteiger charge is -2.34. The van der Waals surface area contributed by atoms with Crippen LogP contribution in [-0.2, 0) is 0 Å². The van der Waals surface area contributed by atoms with Crippen molar-refractivity contribution in [2.45, 2.75) is 31.9 Å². The maximum atomic E-state index is 10.5. The van der Waals surface area contributed by atoms with Crippen molar-refractivity contribution >= 4 is 11.6 Å². The van der Waals surface area contributed by atoms with Gasteiger partial charge in [-0.25, -0.2) is 0 Å². The molecule has 29 heavy (non-hydrogen) atoms. The monoisotopic (exact) mass is 396 g/mol. The number of benzene rings is 2. The Labute approximate surface area is 173 Å². The van der Waals surface area contributed by atoms with E-state index in [2.05, 4.69) is 50.9 Å². The van der Waals surface area contributed by atoms with Crippen LogP contribution in [0, 0.1) is 0 Å². The first-order valence-electron chi connectivity index (χ1n) is 10.4. The van der Waals surface area contributed by atoms with E-state index in [0.717, 1.165) is 49.7 Å². The molecule has 2 aromatic rings. The molecule has 0 aromatic heterocycles. The molecule has 1 atom stereocenters. The smallest absolute Gasteiger partial charge is 0.191 e. The van der Waals surface area contributed by atoms with Crippen molar-refractivity contribution in [2.75, 3.05) is 38.2 Å². The normalized spacial score (nSPS) is 16.4. The number of piperidine rings is 1. The van der Waals surface area contributed by atoms with Crippen LogP contribution in [0.5, 0.6) is 5.75 Å². The van der Waals surface area contributed by atoms with Crippen LogP contribution in [0.15, 0.2) is 59.6 Å². The quantitative estimate of drug-likeness (QED) is 0.496. The fourth-order valence-corrected chi connectivity index (χ4v) is 3.57. The average molecular weight is 397 g/mol. The first kappa shape index (κ1) is 21.0. The third-order valence-corrected chi connectivity index (χ3v) is 5.20. The van der Waals surface area contributed by atoms with Crippen LogP contribution < -0.4 is 20.3 Å². The molecule has 1 unspecified atom stereocenters. The molecule has 0 amide bonds. The second-order valence-corrected chi connectivity index (χ2v) is 7.25. The summed E-state index contributed by atoms with van der Waals surface area (Å²) in [6.07, 6.45) is 1.44. The second-order valence-electron chi connectivity index (χ2n) is 7.25. The van der Waals surface area contributed by atoms with Gasteiger partial charge >= 0.3 is 0 Å². The van der Waals surface area contributed by atoms with E-state index in [1.165, 1.54) is 5.69 Å². The van der Waals surface area contributed by atoms with E-state index in [1.807, 2.05) is 31.2 Å². The summed E-state index contributed by atoms with van der Waals surface area (Å²) in [6.45, 7) is 5.17. The molecule has 0 aliphatic carbocycles. The van der Waals surface area contributed by atoms with Gasteiger partial charge in [-0.3, -0.25) is 4.99 Å². The number of nitrogens with zero attached hydrogens (tertiary/aromatic N) is 2. The van der Waals surface area contributed by atoms with Crippen LogP contribution in [0.1, 0.15) is 31.4 Å². The van der Waals surface area contributed by atoms with Gasteiger partial charge in [0, 0.05) is 31.4 Å². The Balaban J connectivity index is 1.54. The molecule has 156 valence electrons. The van der Waals surface area contributed by atoms with Gasteiger partial charge in [0.1, 0.15) is 5.75 Å². The number of nitrogens with one attached hydrogen (secondary N) is 2. The molecular formula is C23H32N4O2. The summed E-state index contributed by atoms with van der Waals surface area (Å²) in [7, 11) is 1.62. The van der Waals surface area contributed by atoms with E-state index in [-0.39, 0.29) is 0 Å². The van der Waals surface area contributed by atoms with Crippen molar-refractivity contribution in [3.8, 4) is 5.75 Å². The largest absolute Gasteiger partial charge is 0.497 e. The van der Waals surface area contributed by atoms with Gasteiger partial charge in [0.25, 0.3) is 0 Å². The molecule has 1 fully saturated rings. The van der Waals surface area contributed by atoms with Crippen molar-refractivity contribution in [3.05, 3.63) is 60.2 Å². The summed E-state index contributed by atoms with van der Waals surface area (Å²) < 4.78 is 5.23. The highest BCUT2D eigenvalue weighted by Gasteiger charge is 2.20. The zero-order valence-electron chi connectivity index (χ0n) is 17.3. The number of rotatable bonds is 7. The first-order valence-corrected chi connectivity index (χ1v) is 10.4. The molecule has 3 N–H and O–H groups in total. The summed E-state index contributed by atoms with van der Waals surface area (Å²) in [5.74, 6) is 1.49. The Morgan fingerprint density at radius 1 is 1.17 bits per heavy atom. The number of ether oxygens (including phenoxy) is 1. The second kappa shape index (κ2) is 10.7. The van der Waals surface area contributed by atoms with E-state index in [4.69, 9.17) is 4.74 Å². The maximum absolute atomic E-state index is 10.5. The minimum Gasteiger partial charge on any atom is -0.497 e. The number of hydrogen-bond acceptors (Lipinski definition) is 4. The van der Waals surface area contributed by atoms with Gasteiger partial charge in [0.15, 0.2) is 5.96 Å². The van der Waals surface area contributed by atoms with E-state index in [1.54, 1.807) is 7.11 Å². The molecule has 1 aliphatic heterocycles. The lowest BCUT2D eigenvalue weighted by atomic mass is 10.0. The zero-order valence-corrected chi connectivity index (χ0v) is 17.3. The van der Waals surface area contributed by atoms with Crippen molar-refractivity contribution in [1.82, 2.24) is 10.6 Å². The third kappa shape index (κ3) is 6.12. The van der Waals surface area contributed by atoms with E-state index in [0.29, 0.717) is 12.6 Å². The van der Waals surface area contributed by atoms with Crippen molar-refractivity contribution in [2.24, 2.45) is 4.99 Å². The molecule has 0 radical (unpaired) electrons. The van der Waals surface area contributed by atoms with Gasteiger partial charge in [-0.05, 0) is 49.6 Å². The molecular weight excluding hydrogens is 364 g/mol. The zero-order chi connectivity index (χ0) is 20.5. The van der Waals surface area contributed by atoms with Crippen LogP contribution in [0.3, 0.4) is 0 Å². The highest BCUT2D eigenvalue weighted by atomic mass is 16.5. The van der Waals surface area contributed by atoms with E-state index >= 15 is 0 Å². The molecule has 0 spiro atoms. The summed E-state index contributed by atoms with van der Waals surface area (Å²) >= 11 is 0. The molecule has 6 heteroatoms. The molecule has 1 aliphatic rings. The maximum Gasteiger partial charge on any atom is 0.191 e. The number of anilines is 1. The SMILES string of the molecule is CCNC(=NCC(O)c1cccc(OC)c1)NC1CCN(c2ccccc2)CC1. The standard InChI is InChI=1S/C23H32N4O2/c1-3-24-23(25-17-22(28)18-8-7-11-21(16-18)29-2)26-19-12-14-27(15-13-19)20-9-5-4-6-10-20/h4-11,16,19,22,28H,3,12-15,17H2,1-2H3,(H2,24,25,26). The molecule has 6 nitrogen and oxygen atoms in total. The van der Waals surface area contributed by atoms with Crippen molar-refractivity contribution in [3.63, 3.8) is 0 Å². The van der Waals surface area contributed by atoms with Gasteiger partial charge in [-0.2, -0.15) is 0 Å². The van der Waals surface area contributed by atoms with Crippen molar-refractivity contribution < 1.29 is 9.84 Å². The number of guanidine groups is 1. The highest BCUT2D eigenvalue weighted by molar-refractivity contribution is 5.80. The summed E-state index contributed by atoms with van der Waals surface area (Å²) in [6, 6.07) is 18.4. The number of hydrogen-bond donors (Lipinski definition) is 3. The topological polar surface area (TPSA) is 69.1 Å². The molecule has 1 heterocycles. The van der Waals surface area contributed by atoms with Gasteiger partial charge in [0.05, 0.1) is 19.8 Å². The first-order chi connectivity index (χ1) is 14.2. The third-order valence-electron chi connectivity index (χ3n) is 5.20. The van der Waals surface area contributed by atoms with Crippen LogP contribution in [0.4, 0.5) is 5.69 Å². The number of para-hydroxylation sites is 1. The molecule has 1 saturated heterocycles. The Hall–Kier alpha value is -2.73. The Morgan fingerprint density at radius 2 is 1.93 bits per heavy atom. The molecule has 0 bridgehead atoms. The number of aliphatic hydroxyl groups is 1. The van der Waals surface area contributed by atoms with E-state index in [9.17, 15) is 5.11 Å². The van der Waals surface area contributed by atoms with Crippen LogP contribution in [0.2, 0.25) is 0 Å². The van der Waals surface area contributed by atoms with Crippen molar-refractivity contribution in [1.29, 1.82) is 0 Å². The number of aliphatic imine (C=N–C) groups is 1. The van der Waals surface area contributed by atoms with Gasteiger partial charge < -0.3 is 25.4 Å².